The molecule has 0 aliphatic rings. The lowest BCUT2D eigenvalue weighted by Crippen LogP contribution is -2.57. The van der Waals surface area contributed by atoms with Gasteiger partial charge in [-0.1, -0.05) is 13.8 Å². The molecule has 0 radical (unpaired) electrons. The molecular weight excluding hydrogens is 252 g/mol. The van der Waals surface area contributed by atoms with Crippen LogP contribution < -0.4 is 5.32 Å². The number of alkyl halides is 6. The van der Waals surface area contributed by atoms with Crippen LogP contribution in [0.15, 0.2) is 0 Å². The van der Waals surface area contributed by atoms with Gasteiger partial charge in [-0.25, -0.2) is 0 Å². The minimum Gasteiger partial charge on any atom is -0.357 e. The molecular formula is C9H15F6NO. The van der Waals surface area contributed by atoms with Crippen LogP contribution in [0.2, 0.25) is 0 Å². The molecule has 0 fully saturated rings. The van der Waals surface area contributed by atoms with E-state index in [1.807, 2.05) is 0 Å². The molecule has 0 aromatic carbocycles. The summed E-state index contributed by atoms with van der Waals surface area (Å²) in [5, 5.41) is 2.66. The highest BCUT2D eigenvalue weighted by atomic mass is 19.4. The van der Waals surface area contributed by atoms with Crippen molar-refractivity contribution < 1.29 is 31.1 Å². The lowest BCUT2D eigenvalue weighted by Gasteiger charge is -2.33. The molecule has 0 saturated heterocycles. The average molecular weight is 267 g/mol. The van der Waals surface area contributed by atoms with Crippen molar-refractivity contribution in [1.29, 1.82) is 0 Å². The van der Waals surface area contributed by atoms with Gasteiger partial charge < -0.3 is 10.1 Å². The van der Waals surface area contributed by atoms with Crippen LogP contribution in [0.5, 0.6) is 0 Å². The van der Waals surface area contributed by atoms with E-state index in [0.29, 0.717) is 0 Å². The first-order chi connectivity index (χ1) is 7.42. The third kappa shape index (κ3) is 4.34. The Morgan fingerprint density at radius 3 is 1.71 bits per heavy atom. The third-order valence-electron chi connectivity index (χ3n) is 2.13. The molecule has 17 heavy (non-hydrogen) atoms. The first-order valence-electron chi connectivity index (χ1n) is 4.92. The van der Waals surface area contributed by atoms with E-state index >= 15 is 0 Å². The Morgan fingerprint density at radius 2 is 1.41 bits per heavy atom. The van der Waals surface area contributed by atoms with Crippen molar-refractivity contribution in [2.75, 3.05) is 13.2 Å². The molecule has 0 aromatic rings. The zero-order chi connectivity index (χ0) is 13.9. The van der Waals surface area contributed by atoms with E-state index in [0.717, 1.165) is 0 Å². The first-order valence-corrected chi connectivity index (χ1v) is 4.92. The van der Waals surface area contributed by atoms with E-state index in [-0.39, 0.29) is 19.5 Å². The zero-order valence-corrected chi connectivity index (χ0v) is 9.67. The highest BCUT2D eigenvalue weighted by molar-refractivity contribution is 4.91. The van der Waals surface area contributed by atoms with Gasteiger partial charge in [-0.15, -0.1) is 0 Å². The van der Waals surface area contributed by atoms with Crippen molar-refractivity contribution in [2.24, 2.45) is 0 Å². The number of rotatable bonds is 5. The standard InChI is InChI=1S/C9H15F6NO/c1-6(2)16-4-5-17-7(3,8(10,11)12)9(13,14)15/h6,16H,4-5H2,1-3H3. The molecule has 0 atom stereocenters. The number of ether oxygens (including phenoxy) is 1. The van der Waals surface area contributed by atoms with Crippen molar-refractivity contribution in [3.05, 3.63) is 0 Å². The summed E-state index contributed by atoms with van der Waals surface area (Å²) in [6.45, 7) is 2.66. The van der Waals surface area contributed by atoms with Gasteiger partial charge in [0.05, 0.1) is 6.61 Å². The van der Waals surface area contributed by atoms with Gasteiger partial charge in [0.1, 0.15) is 0 Å². The van der Waals surface area contributed by atoms with Crippen molar-refractivity contribution in [2.45, 2.75) is 44.8 Å². The summed E-state index contributed by atoms with van der Waals surface area (Å²) in [5.41, 5.74) is -4.13. The maximum absolute atomic E-state index is 12.3. The van der Waals surface area contributed by atoms with Crippen LogP contribution in [0.3, 0.4) is 0 Å². The molecule has 0 spiro atoms. The summed E-state index contributed by atoms with van der Waals surface area (Å²) >= 11 is 0. The number of hydrogen-bond donors (Lipinski definition) is 1. The Labute approximate surface area is 95.3 Å². The van der Waals surface area contributed by atoms with Gasteiger partial charge in [0, 0.05) is 12.6 Å². The molecule has 1 N–H and O–H groups in total. The second-order valence-electron chi connectivity index (χ2n) is 3.99. The number of nitrogens with one attached hydrogen (secondary N) is 1. The SMILES string of the molecule is CC(C)NCCOC(C)(C(F)(F)F)C(F)(F)F. The Morgan fingerprint density at radius 1 is 1.00 bits per heavy atom. The molecule has 2 nitrogen and oxygen atoms in total. The molecule has 0 bridgehead atoms. The fraction of sp³-hybridized carbons (Fsp3) is 1.00. The predicted molar refractivity (Wildman–Crippen MR) is 49.6 cm³/mol. The monoisotopic (exact) mass is 267 g/mol. The van der Waals surface area contributed by atoms with Crippen LogP contribution in [-0.2, 0) is 4.74 Å². The van der Waals surface area contributed by atoms with Crippen molar-refractivity contribution in [1.82, 2.24) is 5.32 Å². The summed E-state index contributed by atoms with van der Waals surface area (Å²) in [6, 6.07) is -0.0402. The maximum atomic E-state index is 12.3. The van der Waals surface area contributed by atoms with Gasteiger partial charge in [-0.3, -0.25) is 0 Å². The van der Waals surface area contributed by atoms with Crippen LogP contribution in [-0.4, -0.2) is 37.1 Å². The number of halogens is 6. The molecule has 0 rings (SSSR count). The van der Waals surface area contributed by atoms with Gasteiger partial charge in [0.2, 0.25) is 0 Å². The molecule has 0 aromatic heterocycles. The Hall–Kier alpha value is -0.500. The van der Waals surface area contributed by atoms with Gasteiger partial charge >= 0.3 is 12.4 Å². The molecule has 0 aliphatic heterocycles. The van der Waals surface area contributed by atoms with Gasteiger partial charge in [-0.05, 0) is 6.92 Å². The Balaban J connectivity index is 4.54. The molecule has 0 unspecified atom stereocenters. The molecule has 0 heterocycles. The van der Waals surface area contributed by atoms with Crippen molar-refractivity contribution in [3.8, 4) is 0 Å². The summed E-state index contributed by atoms with van der Waals surface area (Å²) < 4.78 is 77.9. The van der Waals surface area contributed by atoms with Crippen LogP contribution >= 0.6 is 0 Å². The fourth-order valence-electron chi connectivity index (χ4n) is 0.927. The predicted octanol–water partition coefficient (Wildman–Crippen LogP) is 2.88. The minimum atomic E-state index is -5.50. The number of hydrogen-bond acceptors (Lipinski definition) is 2. The summed E-state index contributed by atoms with van der Waals surface area (Å²) in [7, 11) is 0. The van der Waals surface area contributed by atoms with Crippen LogP contribution in [0.4, 0.5) is 26.3 Å². The largest absolute Gasteiger partial charge is 0.426 e. The summed E-state index contributed by atoms with van der Waals surface area (Å²) in [4.78, 5) is 0. The quantitative estimate of drug-likeness (QED) is 0.611. The van der Waals surface area contributed by atoms with Gasteiger partial charge in [-0.2, -0.15) is 26.3 Å². The summed E-state index contributed by atoms with van der Waals surface area (Å²) in [6.07, 6.45) is -11.0. The third-order valence-corrected chi connectivity index (χ3v) is 2.13. The Bertz CT molecular complexity index is 221. The molecule has 104 valence electrons. The van der Waals surface area contributed by atoms with E-state index in [4.69, 9.17) is 0 Å². The highest BCUT2D eigenvalue weighted by Gasteiger charge is 2.69. The van der Waals surface area contributed by atoms with Crippen molar-refractivity contribution >= 4 is 0 Å². The molecule has 0 aliphatic carbocycles. The van der Waals surface area contributed by atoms with E-state index in [9.17, 15) is 26.3 Å². The van der Waals surface area contributed by atoms with Gasteiger partial charge in [0.25, 0.3) is 5.60 Å². The lowest BCUT2D eigenvalue weighted by atomic mass is 10.1. The summed E-state index contributed by atoms with van der Waals surface area (Å²) in [5.74, 6) is 0. The van der Waals surface area contributed by atoms with E-state index in [1.54, 1.807) is 13.8 Å². The second-order valence-corrected chi connectivity index (χ2v) is 3.99. The van der Waals surface area contributed by atoms with Crippen LogP contribution in [0.25, 0.3) is 0 Å². The molecule has 0 amide bonds. The normalized spacial score (nSPS) is 14.5. The maximum Gasteiger partial charge on any atom is 0.426 e. The second kappa shape index (κ2) is 5.43. The highest BCUT2D eigenvalue weighted by Crippen LogP contribution is 2.45. The lowest BCUT2D eigenvalue weighted by molar-refractivity contribution is -0.373. The van der Waals surface area contributed by atoms with E-state index in [2.05, 4.69) is 10.1 Å². The van der Waals surface area contributed by atoms with Crippen LogP contribution in [0.1, 0.15) is 20.8 Å². The fourth-order valence-corrected chi connectivity index (χ4v) is 0.927. The zero-order valence-electron chi connectivity index (χ0n) is 9.67. The smallest absolute Gasteiger partial charge is 0.357 e. The topological polar surface area (TPSA) is 21.3 Å². The Kier molecular flexibility index (Phi) is 5.27. The average Bonchev–Trinajstić information content (AvgIpc) is 2.07. The van der Waals surface area contributed by atoms with Gasteiger partial charge in [0.15, 0.2) is 0 Å². The molecule has 0 saturated carbocycles. The van der Waals surface area contributed by atoms with Crippen LogP contribution in [0, 0.1) is 0 Å². The van der Waals surface area contributed by atoms with Crippen molar-refractivity contribution in [3.63, 3.8) is 0 Å². The van der Waals surface area contributed by atoms with E-state index in [1.165, 1.54) is 0 Å². The van der Waals surface area contributed by atoms with E-state index < -0.39 is 24.6 Å². The minimum absolute atomic E-state index is 0.0115. The first kappa shape index (κ1) is 16.5. The molecule has 8 heteroatoms.